The molecule has 0 rings (SSSR count). The maximum absolute atomic E-state index is 11.0. The van der Waals surface area contributed by atoms with Gasteiger partial charge >= 0.3 is 17.9 Å². The molecular weight excluding hydrogens is 600 g/mol. The van der Waals surface area contributed by atoms with Crippen LogP contribution in [0.4, 0.5) is 0 Å². The molecular formula is C34H78O12. The minimum absolute atomic E-state index is 0. The van der Waals surface area contributed by atoms with Crippen LogP contribution in [0.5, 0.6) is 0 Å². The van der Waals surface area contributed by atoms with Crippen molar-refractivity contribution in [3.05, 3.63) is 0 Å². The number of hydrogen-bond acceptors (Lipinski definition) is 10. The lowest BCUT2D eigenvalue weighted by atomic mass is 10.1. The van der Waals surface area contributed by atoms with Gasteiger partial charge in [0.2, 0.25) is 0 Å². The summed E-state index contributed by atoms with van der Waals surface area (Å²) in [5, 5.41) is 51.4. The van der Waals surface area contributed by atoms with E-state index in [0.29, 0.717) is 50.1 Å². The molecule has 0 aromatic carbocycles. The van der Waals surface area contributed by atoms with Gasteiger partial charge < -0.3 is 45.6 Å². The zero-order chi connectivity index (χ0) is 35.6. The Labute approximate surface area is 282 Å². The lowest BCUT2D eigenvalue weighted by Gasteiger charge is -2.17. The molecule has 0 aliphatic rings. The summed E-state index contributed by atoms with van der Waals surface area (Å²) in [5.74, 6) is -0.297. The van der Waals surface area contributed by atoms with Crippen LogP contribution in [0.3, 0.4) is 0 Å². The Morgan fingerprint density at radius 2 is 0.957 bits per heavy atom. The predicted molar refractivity (Wildman–Crippen MR) is 188 cm³/mol. The number of esters is 2. The van der Waals surface area contributed by atoms with Gasteiger partial charge in [-0.25, -0.2) is 14.4 Å². The van der Waals surface area contributed by atoms with Crippen molar-refractivity contribution < 1.29 is 60.0 Å². The van der Waals surface area contributed by atoms with Gasteiger partial charge in [-0.15, -0.1) is 0 Å². The van der Waals surface area contributed by atoms with Crippen molar-refractivity contribution in [2.45, 2.75) is 154 Å². The second kappa shape index (κ2) is 34.5. The highest BCUT2D eigenvalue weighted by molar-refractivity contribution is 5.78. The summed E-state index contributed by atoms with van der Waals surface area (Å²) in [4.78, 5) is 31.8. The number of aliphatic carboxylic acids is 1. The van der Waals surface area contributed by atoms with Crippen molar-refractivity contribution in [2.75, 3.05) is 26.4 Å². The molecule has 12 heteroatoms. The molecule has 2 unspecified atom stereocenters. The number of aliphatic hydroxyl groups is 5. The topological polar surface area (TPSA) is 223 Å². The van der Waals surface area contributed by atoms with E-state index >= 15 is 0 Å². The number of carbonyl (C=O) groups excluding carboxylic acids is 2. The van der Waals surface area contributed by atoms with Gasteiger partial charge in [0.05, 0.1) is 13.2 Å². The van der Waals surface area contributed by atoms with Crippen LogP contribution in [0.25, 0.3) is 0 Å². The summed E-state index contributed by atoms with van der Waals surface area (Å²) in [6.07, 6.45) is 3.82. The summed E-state index contributed by atoms with van der Waals surface area (Å²) >= 11 is 0. The number of carboxylic acids is 1. The normalized spacial score (nSPS) is 11.7. The molecule has 12 nitrogen and oxygen atoms in total. The Balaban J connectivity index is -0.0000000666. The molecule has 0 aromatic rings. The Morgan fingerprint density at radius 3 is 1.13 bits per heavy atom. The Morgan fingerprint density at radius 1 is 0.630 bits per heavy atom. The quantitative estimate of drug-likeness (QED) is 0.142. The van der Waals surface area contributed by atoms with E-state index in [4.69, 9.17) is 29.9 Å². The van der Waals surface area contributed by atoms with Gasteiger partial charge in [-0.05, 0) is 78.1 Å². The number of aliphatic hydroxyl groups excluding tert-OH is 2. The fraction of sp³-hybridized carbons (Fsp3) is 0.912. The second-order valence-electron chi connectivity index (χ2n) is 13.0. The predicted octanol–water partition coefficient (Wildman–Crippen LogP) is 5.03. The summed E-state index contributed by atoms with van der Waals surface area (Å²) in [6.45, 7) is 26.0. The van der Waals surface area contributed by atoms with Gasteiger partial charge in [0.25, 0.3) is 0 Å². The molecule has 0 saturated heterocycles. The van der Waals surface area contributed by atoms with E-state index in [-0.39, 0.29) is 20.3 Å². The van der Waals surface area contributed by atoms with Crippen LogP contribution < -0.4 is 0 Å². The summed E-state index contributed by atoms with van der Waals surface area (Å²) in [6, 6.07) is 0. The zero-order valence-electron chi connectivity index (χ0n) is 30.2. The number of carboxylic acid groups (broad SMARTS) is 1. The highest BCUT2D eigenvalue weighted by atomic mass is 16.6. The molecule has 0 heterocycles. The first-order valence-corrected chi connectivity index (χ1v) is 15.2. The molecule has 0 fully saturated rings. The van der Waals surface area contributed by atoms with Crippen molar-refractivity contribution in [1.29, 1.82) is 0 Å². The van der Waals surface area contributed by atoms with E-state index in [1.807, 2.05) is 20.8 Å². The van der Waals surface area contributed by atoms with E-state index in [1.54, 1.807) is 0 Å². The van der Waals surface area contributed by atoms with E-state index < -0.39 is 34.7 Å². The van der Waals surface area contributed by atoms with Gasteiger partial charge in [0.15, 0.2) is 16.8 Å². The standard InChI is InChI=1S/2C9H18O3.2C5H12O.C4H8O3.2CH4.H2O/c1-7(2)5-6-12-8(10)9(3,4)11;1-5-7(2)6-12-8(10)9(3,4)11;1-5(2)3-4-6;1-3-5(2)4-6;1-4(2,7)3(5)6;;;/h2*7,11H,5-6H2,1-4H3;2*5-6H,3-4H2,1-2H3;7H,1-2H3,(H,5,6);2*1H4;1H2. The van der Waals surface area contributed by atoms with Gasteiger partial charge in [-0.2, -0.15) is 0 Å². The highest BCUT2D eigenvalue weighted by Gasteiger charge is 2.26. The largest absolute Gasteiger partial charge is 0.479 e. The Kier molecular flexibility index (Phi) is 47.2. The van der Waals surface area contributed by atoms with Crippen LogP contribution in [-0.4, -0.2) is 97.3 Å². The van der Waals surface area contributed by atoms with Crippen molar-refractivity contribution in [3.63, 3.8) is 0 Å². The molecule has 0 radical (unpaired) electrons. The fourth-order valence-corrected chi connectivity index (χ4v) is 1.46. The molecule has 286 valence electrons. The molecule has 2 atom stereocenters. The van der Waals surface area contributed by atoms with E-state index in [9.17, 15) is 24.6 Å². The maximum Gasteiger partial charge on any atom is 0.337 e. The van der Waals surface area contributed by atoms with E-state index in [1.165, 1.54) is 41.5 Å². The molecule has 0 spiro atoms. The number of carbonyl (C=O) groups is 3. The Hall–Kier alpha value is -1.83. The molecule has 8 N–H and O–H groups in total. The fourth-order valence-electron chi connectivity index (χ4n) is 1.46. The molecule has 0 saturated carbocycles. The molecule has 0 aliphatic carbocycles. The van der Waals surface area contributed by atoms with Crippen LogP contribution >= 0.6 is 0 Å². The van der Waals surface area contributed by atoms with Crippen LogP contribution in [-0.2, 0) is 23.9 Å². The van der Waals surface area contributed by atoms with Crippen molar-refractivity contribution in [2.24, 2.45) is 23.7 Å². The zero-order valence-corrected chi connectivity index (χ0v) is 30.2. The minimum atomic E-state index is -1.58. The van der Waals surface area contributed by atoms with E-state index in [0.717, 1.165) is 25.7 Å². The van der Waals surface area contributed by atoms with Crippen molar-refractivity contribution in [1.82, 2.24) is 0 Å². The summed E-state index contributed by atoms with van der Waals surface area (Å²) < 4.78 is 9.70. The number of rotatable bonds is 13. The lowest BCUT2D eigenvalue weighted by molar-refractivity contribution is -0.163. The third-order valence-corrected chi connectivity index (χ3v) is 5.36. The van der Waals surface area contributed by atoms with E-state index in [2.05, 4.69) is 34.6 Å². The van der Waals surface area contributed by atoms with Gasteiger partial charge in [-0.3, -0.25) is 0 Å². The van der Waals surface area contributed by atoms with Gasteiger partial charge in [0, 0.05) is 13.2 Å². The smallest absolute Gasteiger partial charge is 0.337 e. The maximum atomic E-state index is 11.0. The van der Waals surface area contributed by atoms with Crippen LogP contribution in [0.2, 0.25) is 0 Å². The highest BCUT2D eigenvalue weighted by Crippen LogP contribution is 2.08. The SMILES string of the molecule is C.C.CC(C)(O)C(=O)O.CC(C)CCO.CC(C)CCOC(=O)C(C)(C)O.CCC(C)CO.CCC(C)COC(=O)C(C)(C)O.O. The van der Waals surface area contributed by atoms with Crippen LogP contribution in [0.1, 0.15) is 137 Å². The van der Waals surface area contributed by atoms with Crippen molar-refractivity contribution in [3.8, 4) is 0 Å². The number of hydrogen-bond donors (Lipinski definition) is 6. The van der Waals surface area contributed by atoms with Gasteiger partial charge in [0.1, 0.15) is 0 Å². The summed E-state index contributed by atoms with van der Waals surface area (Å²) in [5.41, 5.74) is -4.32. The summed E-state index contributed by atoms with van der Waals surface area (Å²) in [7, 11) is 0. The minimum Gasteiger partial charge on any atom is -0.479 e. The molecule has 46 heavy (non-hydrogen) atoms. The Bertz CT molecular complexity index is 669. The van der Waals surface area contributed by atoms with Crippen LogP contribution in [0.15, 0.2) is 0 Å². The first-order chi connectivity index (χ1) is 19.2. The average Bonchev–Trinajstić information content (AvgIpc) is 2.85. The molecule has 0 aromatic heterocycles. The number of ether oxygens (including phenoxy) is 2. The van der Waals surface area contributed by atoms with Crippen LogP contribution in [0, 0.1) is 23.7 Å². The molecule has 0 amide bonds. The van der Waals surface area contributed by atoms with Gasteiger partial charge in [-0.1, -0.05) is 83.1 Å². The third kappa shape index (κ3) is 54.6. The lowest BCUT2D eigenvalue weighted by Crippen LogP contribution is -2.34. The first-order valence-electron chi connectivity index (χ1n) is 15.2. The average molecular weight is 679 g/mol. The molecule has 0 bridgehead atoms. The molecule has 0 aliphatic heterocycles. The monoisotopic (exact) mass is 679 g/mol. The third-order valence-electron chi connectivity index (χ3n) is 5.36. The first kappa shape index (κ1) is 62.9. The second-order valence-corrected chi connectivity index (χ2v) is 13.0. The van der Waals surface area contributed by atoms with Crippen molar-refractivity contribution >= 4 is 17.9 Å².